The number of allylic oxidation sites excluding steroid dienone is 1. The van der Waals surface area contributed by atoms with Crippen LogP contribution in [0.1, 0.15) is 36.2 Å². The summed E-state index contributed by atoms with van der Waals surface area (Å²) in [5, 5.41) is 0. The van der Waals surface area contributed by atoms with E-state index in [2.05, 4.69) is 49.3 Å². The molecular formula is C23H25N3O. The number of aromatic nitrogens is 2. The maximum atomic E-state index is 12.8. The van der Waals surface area contributed by atoms with Crippen LogP contribution < -0.4 is 4.90 Å². The molecule has 0 radical (unpaired) electrons. The van der Waals surface area contributed by atoms with Crippen LogP contribution in [0.25, 0.3) is 11.0 Å². The first-order chi connectivity index (χ1) is 12.9. The Morgan fingerprint density at radius 3 is 2.78 bits per heavy atom. The van der Waals surface area contributed by atoms with E-state index in [0.717, 1.165) is 40.2 Å². The third kappa shape index (κ3) is 3.16. The number of nitrogens with zero attached hydrogens (tertiary/aromatic N) is 3. The van der Waals surface area contributed by atoms with Crippen molar-refractivity contribution in [1.29, 1.82) is 0 Å². The third-order valence-electron chi connectivity index (χ3n) is 5.26. The minimum atomic E-state index is 0.0872. The van der Waals surface area contributed by atoms with E-state index in [1.54, 1.807) is 0 Å². The van der Waals surface area contributed by atoms with E-state index in [1.165, 1.54) is 5.56 Å². The number of carbonyl (C=O) groups excluding carboxylic acids is 1. The summed E-state index contributed by atoms with van der Waals surface area (Å²) in [6, 6.07) is 14.4. The highest BCUT2D eigenvalue weighted by atomic mass is 16.2. The Hall–Kier alpha value is -2.88. The molecule has 1 amide bonds. The summed E-state index contributed by atoms with van der Waals surface area (Å²) >= 11 is 0. The van der Waals surface area contributed by atoms with Crippen LogP contribution in [0.5, 0.6) is 0 Å². The zero-order valence-corrected chi connectivity index (χ0v) is 16.2. The van der Waals surface area contributed by atoms with Crippen molar-refractivity contribution in [3.05, 3.63) is 71.6 Å². The van der Waals surface area contributed by atoms with Gasteiger partial charge in [0.2, 0.25) is 5.91 Å². The number of amides is 1. The van der Waals surface area contributed by atoms with Crippen molar-refractivity contribution >= 4 is 22.6 Å². The molecule has 1 aliphatic heterocycles. The number of hydrogen-bond acceptors (Lipinski definition) is 2. The van der Waals surface area contributed by atoms with Crippen LogP contribution in [0.2, 0.25) is 0 Å². The number of imidazole rings is 1. The fourth-order valence-electron chi connectivity index (χ4n) is 3.97. The van der Waals surface area contributed by atoms with Crippen LogP contribution in [0.15, 0.2) is 54.6 Å². The molecule has 3 aromatic rings. The monoisotopic (exact) mass is 359 g/mol. The van der Waals surface area contributed by atoms with Crippen molar-refractivity contribution in [3.8, 4) is 0 Å². The average molecular weight is 359 g/mol. The second kappa shape index (κ2) is 6.69. The zero-order valence-electron chi connectivity index (χ0n) is 16.2. The number of benzene rings is 2. The van der Waals surface area contributed by atoms with Crippen LogP contribution >= 0.6 is 0 Å². The van der Waals surface area contributed by atoms with E-state index in [4.69, 9.17) is 4.98 Å². The first kappa shape index (κ1) is 17.5. The van der Waals surface area contributed by atoms with Gasteiger partial charge in [-0.2, -0.15) is 0 Å². The van der Waals surface area contributed by atoms with Crippen molar-refractivity contribution in [2.45, 2.75) is 39.7 Å². The molecule has 4 nitrogen and oxygen atoms in total. The van der Waals surface area contributed by atoms with Crippen molar-refractivity contribution in [2.24, 2.45) is 0 Å². The Morgan fingerprint density at radius 2 is 2.00 bits per heavy atom. The van der Waals surface area contributed by atoms with Gasteiger partial charge in [-0.15, -0.1) is 0 Å². The largest absolute Gasteiger partial charge is 0.324 e. The Labute approximate surface area is 160 Å². The Balaban J connectivity index is 1.74. The van der Waals surface area contributed by atoms with Crippen LogP contribution in [0, 0.1) is 13.8 Å². The van der Waals surface area contributed by atoms with Gasteiger partial charge in [0.25, 0.3) is 0 Å². The normalized spacial score (nSPS) is 17.1. The van der Waals surface area contributed by atoms with E-state index in [1.807, 2.05) is 30.0 Å². The average Bonchev–Trinajstić information content (AvgIpc) is 3.18. The van der Waals surface area contributed by atoms with Gasteiger partial charge in [0, 0.05) is 31.1 Å². The number of aryl methyl sites for hydroxylation is 2. The predicted octanol–water partition coefficient (Wildman–Crippen LogP) is 4.75. The molecule has 27 heavy (non-hydrogen) atoms. The number of carbonyl (C=O) groups is 1. The number of hydrogen-bond donors (Lipinski definition) is 0. The lowest BCUT2D eigenvalue weighted by Crippen LogP contribution is -2.25. The Kier molecular flexibility index (Phi) is 4.34. The highest BCUT2D eigenvalue weighted by Crippen LogP contribution is 2.35. The second-order valence-electron chi connectivity index (χ2n) is 7.70. The van der Waals surface area contributed by atoms with Gasteiger partial charge >= 0.3 is 0 Å². The number of para-hydroxylation sites is 2. The van der Waals surface area contributed by atoms with Gasteiger partial charge in [0.1, 0.15) is 5.82 Å². The highest BCUT2D eigenvalue weighted by molar-refractivity contribution is 5.97. The molecule has 2 heterocycles. The number of fused-ring (bicyclic) bond motifs is 1. The molecule has 1 aromatic heterocycles. The summed E-state index contributed by atoms with van der Waals surface area (Å²) < 4.78 is 2.22. The molecular weight excluding hydrogens is 334 g/mol. The van der Waals surface area contributed by atoms with E-state index in [9.17, 15) is 4.79 Å². The number of rotatable bonds is 4. The minimum absolute atomic E-state index is 0.0872. The van der Waals surface area contributed by atoms with Crippen molar-refractivity contribution < 1.29 is 4.79 Å². The maximum Gasteiger partial charge on any atom is 0.227 e. The lowest BCUT2D eigenvalue weighted by molar-refractivity contribution is -0.117. The fourth-order valence-corrected chi connectivity index (χ4v) is 3.97. The Bertz CT molecular complexity index is 1050. The smallest absolute Gasteiger partial charge is 0.227 e. The van der Waals surface area contributed by atoms with Crippen molar-refractivity contribution in [2.75, 3.05) is 11.4 Å². The molecule has 1 aliphatic rings. The Morgan fingerprint density at radius 1 is 1.22 bits per heavy atom. The molecule has 4 rings (SSSR count). The van der Waals surface area contributed by atoms with E-state index in [0.29, 0.717) is 13.0 Å². The van der Waals surface area contributed by atoms with Gasteiger partial charge in [0.15, 0.2) is 0 Å². The van der Waals surface area contributed by atoms with Crippen LogP contribution in [0.3, 0.4) is 0 Å². The molecule has 0 spiro atoms. The van der Waals surface area contributed by atoms with E-state index in [-0.39, 0.29) is 11.8 Å². The molecule has 0 aliphatic carbocycles. The number of anilines is 1. The zero-order chi connectivity index (χ0) is 19.1. The molecule has 1 saturated heterocycles. The molecule has 0 bridgehead atoms. The van der Waals surface area contributed by atoms with Crippen LogP contribution in [0.4, 0.5) is 5.69 Å². The maximum absolute atomic E-state index is 12.8. The molecule has 0 N–H and O–H groups in total. The van der Waals surface area contributed by atoms with E-state index >= 15 is 0 Å². The predicted molar refractivity (Wildman–Crippen MR) is 110 cm³/mol. The van der Waals surface area contributed by atoms with Crippen LogP contribution in [-0.4, -0.2) is 22.0 Å². The quantitative estimate of drug-likeness (QED) is 0.631. The summed E-state index contributed by atoms with van der Waals surface area (Å²) in [6.07, 6.45) is 0.493. The van der Waals surface area contributed by atoms with Gasteiger partial charge in [-0.25, -0.2) is 4.98 Å². The van der Waals surface area contributed by atoms with Gasteiger partial charge in [0.05, 0.1) is 11.0 Å². The second-order valence-corrected chi connectivity index (χ2v) is 7.70. The molecule has 138 valence electrons. The van der Waals surface area contributed by atoms with Crippen molar-refractivity contribution in [3.63, 3.8) is 0 Å². The summed E-state index contributed by atoms with van der Waals surface area (Å²) in [6.45, 7) is 11.6. The van der Waals surface area contributed by atoms with Gasteiger partial charge in [-0.05, 0) is 50.1 Å². The molecule has 2 aromatic carbocycles. The molecule has 0 unspecified atom stereocenters. The minimum Gasteiger partial charge on any atom is -0.324 e. The van der Waals surface area contributed by atoms with Crippen LogP contribution in [-0.2, 0) is 11.3 Å². The lowest BCUT2D eigenvalue weighted by atomic mass is 10.1. The summed E-state index contributed by atoms with van der Waals surface area (Å²) in [4.78, 5) is 19.7. The standard InChI is InChI=1S/C23H25N3O/c1-15(2)13-26-20-8-6-5-7-19(20)24-23(26)18-12-22(27)25(14-18)21-11-16(3)9-10-17(21)4/h5-11,18H,1,12-14H2,2-4H3/t18-/m0/s1. The summed E-state index contributed by atoms with van der Waals surface area (Å²) in [5.41, 5.74) is 6.48. The summed E-state index contributed by atoms with van der Waals surface area (Å²) in [5.74, 6) is 1.24. The highest BCUT2D eigenvalue weighted by Gasteiger charge is 2.35. The fraction of sp³-hybridized carbons (Fsp3) is 0.304. The third-order valence-corrected chi connectivity index (χ3v) is 5.26. The SMILES string of the molecule is C=C(C)Cn1c([C@H]2CC(=O)N(c3cc(C)ccc3C)C2)nc2ccccc21. The first-order valence-electron chi connectivity index (χ1n) is 9.41. The van der Waals surface area contributed by atoms with Gasteiger partial charge < -0.3 is 9.47 Å². The summed E-state index contributed by atoms with van der Waals surface area (Å²) in [7, 11) is 0. The molecule has 1 fully saturated rings. The molecule has 1 atom stereocenters. The molecule has 4 heteroatoms. The van der Waals surface area contributed by atoms with Gasteiger partial charge in [-0.1, -0.05) is 36.4 Å². The van der Waals surface area contributed by atoms with Gasteiger partial charge in [-0.3, -0.25) is 4.79 Å². The topological polar surface area (TPSA) is 38.1 Å². The lowest BCUT2D eigenvalue weighted by Gasteiger charge is -2.20. The van der Waals surface area contributed by atoms with Crippen molar-refractivity contribution in [1.82, 2.24) is 9.55 Å². The first-order valence-corrected chi connectivity index (χ1v) is 9.41. The molecule has 0 saturated carbocycles. The van der Waals surface area contributed by atoms with E-state index < -0.39 is 0 Å².